The van der Waals surface area contributed by atoms with Gasteiger partial charge in [0.2, 0.25) is 12.5 Å². The van der Waals surface area contributed by atoms with Gasteiger partial charge in [-0.05, 0) is 18.4 Å². The molecule has 0 saturated carbocycles. The normalized spacial score (nSPS) is 18.6. The number of hydrogen-bond donors (Lipinski definition) is 0. The zero-order valence-electron chi connectivity index (χ0n) is 12.7. The van der Waals surface area contributed by atoms with Gasteiger partial charge in [0.05, 0.1) is 6.04 Å². The van der Waals surface area contributed by atoms with Crippen molar-refractivity contribution in [2.24, 2.45) is 5.92 Å². The number of carbonyl (C=O) groups excluding carboxylic acids is 2. The minimum absolute atomic E-state index is 0.120. The lowest BCUT2D eigenvalue weighted by atomic mass is 10.00. The summed E-state index contributed by atoms with van der Waals surface area (Å²) in [6.45, 7) is 9.30. The first-order valence-electron chi connectivity index (χ1n) is 7.54. The Labute approximate surface area is 130 Å². The van der Waals surface area contributed by atoms with E-state index in [0.717, 1.165) is 12.0 Å². The van der Waals surface area contributed by atoms with Gasteiger partial charge in [-0.25, -0.2) is 16.3 Å². The van der Waals surface area contributed by atoms with Crippen LogP contribution in [0.2, 0.25) is 0 Å². The van der Waals surface area contributed by atoms with E-state index in [2.05, 4.69) is 4.85 Å². The summed E-state index contributed by atoms with van der Waals surface area (Å²) >= 11 is 0. The van der Waals surface area contributed by atoms with E-state index in [4.69, 9.17) is 11.3 Å². The number of imide groups is 1. The number of hydrogen-bond acceptors (Lipinski definition) is 3. The number of ether oxygens (including phenoxy) is 1. The summed E-state index contributed by atoms with van der Waals surface area (Å²) in [5.74, 6) is -0.701. The van der Waals surface area contributed by atoms with E-state index < -0.39 is 12.0 Å². The molecule has 0 unspecified atom stereocenters. The van der Waals surface area contributed by atoms with Gasteiger partial charge in [0, 0.05) is 0 Å². The molecule has 22 heavy (non-hydrogen) atoms. The van der Waals surface area contributed by atoms with Crippen molar-refractivity contribution < 1.29 is 14.3 Å². The van der Waals surface area contributed by atoms with Crippen LogP contribution in [0.15, 0.2) is 30.3 Å². The predicted molar refractivity (Wildman–Crippen MR) is 82.0 cm³/mol. The first-order chi connectivity index (χ1) is 10.7. The maximum absolute atomic E-state index is 12.6. The average Bonchev–Trinajstić information content (AvgIpc) is 2.88. The van der Waals surface area contributed by atoms with Crippen LogP contribution >= 0.6 is 0 Å². The second-order valence-electron chi connectivity index (χ2n) is 5.45. The first kappa shape index (κ1) is 16.0. The Kier molecular flexibility index (Phi) is 5.54. The van der Waals surface area contributed by atoms with Crippen molar-refractivity contribution in [3.05, 3.63) is 47.3 Å². The van der Waals surface area contributed by atoms with Crippen LogP contribution in [0.5, 0.6) is 0 Å². The summed E-state index contributed by atoms with van der Waals surface area (Å²) in [4.78, 5) is 29.1. The van der Waals surface area contributed by atoms with Gasteiger partial charge in [-0.1, -0.05) is 43.7 Å². The summed E-state index contributed by atoms with van der Waals surface area (Å²) in [5, 5.41) is 0. The van der Waals surface area contributed by atoms with Gasteiger partial charge in [0.15, 0.2) is 0 Å². The van der Waals surface area contributed by atoms with E-state index >= 15 is 0 Å². The van der Waals surface area contributed by atoms with Gasteiger partial charge >= 0.3 is 6.09 Å². The molecule has 1 fully saturated rings. The van der Waals surface area contributed by atoms with Gasteiger partial charge in [-0.15, -0.1) is 0 Å². The third-order valence-corrected chi connectivity index (χ3v) is 3.81. The molecule has 2 atom stereocenters. The summed E-state index contributed by atoms with van der Waals surface area (Å²) < 4.78 is 5.07. The smallest absolute Gasteiger partial charge is 0.417 e. The van der Waals surface area contributed by atoms with Crippen molar-refractivity contribution in [1.82, 2.24) is 4.90 Å². The van der Waals surface area contributed by atoms with Crippen molar-refractivity contribution in [3.63, 3.8) is 0 Å². The Bertz CT molecular complexity index is 565. The van der Waals surface area contributed by atoms with E-state index in [1.165, 1.54) is 4.90 Å². The molecular formula is C17H20N2O3. The highest BCUT2D eigenvalue weighted by Crippen LogP contribution is 2.22. The van der Waals surface area contributed by atoms with Crippen molar-refractivity contribution in [1.29, 1.82) is 0 Å². The quantitative estimate of drug-likeness (QED) is 0.759. The highest BCUT2D eigenvalue weighted by atomic mass is 16.6. The highest BCUT2D eigenvalue weighted by Gasteiger charge is 2.41. The van der Waals surface area contributed by atoms with Crippen LogP contribution in [0.1, 0.15) is 25.3 Å². The number of benzene rings is 1. The molecule has 0 radical (unpaired) electrons. The van der Waals surface area contributed by atoms with Crippen LogP contribution in [0.25, 0.3) is 4.85 Å². The third-order valence-electron chi connectivity index (χ3n) is 3.81. The monoisotopic (exact) mass is 300 g/mol. The molecule has 5 heteroatoms. The van der Waals surface area contributed by atoms with Crippen LogP contribution < -0.4 is 0 Å². The summed E-state index contributed by atoms with van der Waals surface area (Å²) in [6.07, 6.45) is 1.41. The number of rotatable bonds is 6. The first-order valence-corrected chi connectivity index (χ1v) is 7.54. The Morgan fingerprint density at radius 1 is 1.45 bits per heavy atom. The fourth-order valence-corrected chi connectivity index (χ4v) is 2.72. The standard InChI is InChI=1S/C17H20N2O3/c1-3-7-14(11-18-2)16(20)19-15(12-22-17(19)21)10-13-8-5-4-6-9-13/h4-6,8-9,14-15H,3,7,10-12H2,1H3/t14-,15+/m0/s1. The highest BCUT2D eigenvalue weighted by molar-refractivity contribution is 5.95. The van der Waals surface area contributed by atoms with E-state index in [-0.39, 0.29) is 25.1 Å². The Hall–Kier alpha value is -2.35. The predicted octanol–water partition coefficient (Wildman–Crippen LogP) is 2.91. The molecule has 0 aliphatic carbocycles. The lowest BCUT2D eigenvalue weighted by Gasteiger charge is -2.22. The lowest BCUT2D eigenvalue weighted by molar-refractivity contribution is -0.133. The molecular weight excluding hydrogens is 280 g/mol. The molecule has 0 spiro atoms. The zero-order valence-corrected chi connectivity index (χ0v) is 12.7. The molecule has 0 aromatic heterocycles. The molecule has 1 saturated heterocycles. The van der Waals surface area contributed by atoms with Crippen LogP contribution in [0.3, 0.4) is 0 Å². The van der Waals surface area contributed by atoms with Gasteiger partial charge < -0.3 is 9.58 Å². The fraction of sp³-hybridized carbons (Fsp3) is 0.471. The molecule has 116 valence electrons. The second-order valence-corrected chi connectivity index (χ2v) is 5.45. The molecule has 1 aliphatic rings. The number of amides is 2. The van der Waals surface area contributed by atoms with Gasteiger partial charge in [0.25, 0.3) is 0 Å². The maximum Gasteiger partial charge on any atom is 0.417 e. The van der Waals surface area contributed by atoms with Crippen molar-refractivity contribution in [2.45, 2.75) is 32.2 Å². The summed E-state index contributed by atoms with van der Waals surface area (Å²) in [6, 6.07) is 9.43. The van der Waals surface area contributed by atoms with Crippen molar-refractivity contribution >= 4 is 12.0 Å². The topological polar surface area (TPSA) is 51.0 Å². The number of carbonyl (C=O) groups is 2. The summed E-state index contributed by atoms with van der Waals surface area (Å²) in [7, 11) is 0. The van der Waals surface area contributed by atoms with E-state index in [1.54, 1.807) is 0 Å². The van der Waals surface area contributed by atoms with Crippen LogP contribution in [0.4, 0.5) is 4.79 Å². The minimum Gasteiger partial charge on any atom is -0.447 e. The molecule has 2 amide bonds. The SMILES string of the molecule is [C-]#[N+]C[C@H](CCC)C(=O)N1C(=O)OC[C@H]1Cc1ccccc1. The van der Waals surface area contributed by atoms with Gasteiger partial charge in [-0.2, -0.15) is 0 Å². The van der Waals surface area contributed by atoms with Crippen LogP contribution in [-0.2, 0) is 16.0 Å². The second kappa shape index (κ2) is 7.60. The molecule has 5 nitrogen and oxygen atoms in total. The van der Waals surface area contributed by atoms with Crippen molar-refractivity contribution in [3.8, 4) is 0 Å². The largest absolute Gasteiger partial charge is 0.447 e. The Balaban J connectivity index is 2.13. The molecule has 1 aromatic carbocycles. The van der Waals surface area contributed by atoms with Crippen LogP contribution in [0, 0.1) is 12.5 Å². The Morgan fingerprint density at radius 2 is 2.18 bits per heavy atom. The maximum atomic E-state index is 12.6. The van der Waals surface area contributed by atoms with Crippen LogP contribution in [-0.4, -0.2) is 36.1 Å². The van der Waals surface area contributed by atoms with E-state index in [0.29, 0.717) is 12.8 Å². The number of cyclic esters (lactones) is 1. The molecule has 1 aromatic rings. The van der Waals surface area contributed by atoms with Gasteiger partial charge in [0.1, 0.15) is 12.5 Å². The summed E-state index contributed by atoms with van der Waals surface area (Å²) in [5.41, 5.74) is 1.06. The third kappa shape index (κ3) is 3.64. The molecule has 2 rings (SSSR count). The van der Waals surface area contributed by atoms with E-state index in [9.17, 15) is 9.59 Å². The Morgan fingerprint density at radius 3 is 2.82 bits per heavy atom. The molecule has 0 N–H and O–H groups in total. The average molecular weight is 300 g/mol. The molecule has 0 bridgehead atoms. The van der Waals surface area contributed by atoms with Gasteiger partial charge in [-0.3, -0.25) is 4.79 Å². The lowest BCUT2D eigenvalue weighted by Crippen LogP contribution is -2.44. The zero-order chi connectivity index (χ0) is 15.9. The van der Waals surface area contributed by atoms with Crippen molar-refractivity contribution in [2.75, 3.05) is 13.2 Å². The fourth-order valence-electron chi connectivity index (χ4n) is 2.72. The molecule has 1 aliphatic heterocycles. The molecule has 1 heterocycles. The number of nitrogens with zero attached hydrogens (tertiary/aromatic N) is 2. The minimum atomic E-state index is -0.586. The van der Waals surface area contributed by atoms with E-state index in [1.807, 2.05) is 37.3 Å².